The van der Waals surface area contributed by atoms with Crippen molar-refractivity contribution in [2.45, 2.75) is 90.5 Å². The number of aromatic nitrogens is 3. The molecule has 2 amide bonds. The molecule has 8 nitrogen and oxygen atoms in total. The first kappa shape index (κ1) is 34.7. The summed E-state index contributed by atoms with van der Waals surface area (Å²) >= 11 is 0. The summed E-state index contributed by atoms with van der Waals surface area (Å²) in [6, 6.07) is 18.9. The molecule has 1 aliphatic heterocycles. The van der Waals surface area contributed by atoms with Crippen molar-refractivity contribution in [2.75, 3.05) is 19.7 Å². The Hall–Kier alpha value is -4.59. The summed E-state index contributed by atoms with van der Waals surface area (Å²) in [7, 11) is 0. The molecule has 0 radical (unpaired) electrons. The molecule has 252 valence electrons. The maximum absolute atomic E-state index is 13.5. The van der Waals surface area contributed by atoms with Crippen LogP contribution in [-0.2, 0) is 16.6 Å². The molecular formula is C40H49N5O3. The Morgan fingerprint density at radius 1 is 0.792 bits per heavy atom. The van der Waals surface area contributed by atoms with Crippen molar-refractivity contribution in [2.24, 2.45) is 0 Å². The van der Waals surface area contributed by atoms with Crippen LogP contribution in [0, 0.1) is 0 Å². The van der Waals surface area contributed by atoms with Crippen LogP contribution < -0.4 is 10.1 Å². The fourth-order valence-corrected chi connectivity index (χ4v) is 5.86. The normalized spacial score (nSPS) is 13.7. The average molecular weight is 648 g/mol. The molecule has 0 bridgehead atoms. The minimum Gasteiger partial charge on any atom is -0.494 e. The van der Waals surface area contributed by atoms with Crippen molar-refractivity contribution in [3.8, 4) is 28.3 Å². The van der Waals surface area contributed by atoms with Gasteiger partial charge in [-0.2, -0.15) is 0 Å². The van der Waals surface area contributed by atoms with Crippen LogP contribution in [0.1, 0.15) is 94.3 Å². The number of unbranched alkanes of at least 4 members (excludes halogenated alkanes) is 4. The molecule has 0 spiro atoms. The van der Waals surface area contributed by atoms with Crippen LogP contribution in [0.2, 0.25) is 0 Å². The van der Waals surface area contributed by atoms with E-state index in [1.54, 1.807) is 12.3 Å². The van der Waals surface area contributed by atoms with Crippen LogP contribution in [0.5, 0.6) is 5.75 Å². The van der Waals surface area contributed by atoms with Crippen LogP contribution in [0.15, 0.2) is 79.3 Å². The maximum atomic E-state index is 13.5. The minimum atomic E-state index is -0.679. The standard InChI is InChI=1S/C40H49N5O3/c1-5-6-7-8-11-24-48-34-19-16-30(17-20-34)33-27-42-37(43-28-33)31-14-12-29(13-15-31)25-35(39(47)45-22-9-10-23-45)44-38(46)32-18-21-36(41-26-32)40(2,3)4/h12-21,26-28,35H,5-11,22-25H2,1-4H3,(H,44,46). The van der Waals surface area contributed by atoms with Crippen LogP contribution in [0.4, 0.5) is 0 Å². The van der Waals surface area contributed by atoms with Crippen LogP contribution in [0.3, 0.4) is 0 Å². The van der Waals surface area contributed by atoms with E-state index in [4.69, 9.17) is 4.74 Å². The third-order valence-electron chi connectivity index (χ3n) is 8.82. The van der Waals surface area contributed by atoms with Gasteiger partial charge in [0.15, 0.2) is 5.82 Å². The lowest BCUT2D eigenvalue weighted by Crippen LogP contribution is -2.49. The molecule has 3 heterocycles. The Morgan fingerprint density at radius 3 is 2.08 bits per heavy atom. The molecular weight excluding hydrogens is 598 g/mol. The van der Waals surface area contributed by atoms with E-state index < -0.39 is 6.04 Å². The Balaban J connectivity index is 1.21. The van der Waals surface area contributed by atoms with Gasteiger partial charge in [0.1, 0.15) is 11.8 Å². The van der Waals surface area contributed by atoms with Gasteiger partial charge in [0.25, 0.3) is 5.91 Å². The van der Waals surface area contributed by atoms with Gasteiger partial charge in [-0.25, -0.2) is 9.97 Å². The van der Waals surface area contributed by atoms with Crippen molar-refractivity contribution in [3.63, 3.8) is 0 Å². The lowest BCUT2D eigenvalue weighted by Gasteiger charge is -2.24. The maximum Gasteiger partial charge on any atom is 0.253 e. The topological polar surface area (TPSA) is 97.3 Å². The van der Waals surface area contributed by atoms with Gasteiger partial charge in [-0.05, 0) is 54.7 Å². The Bertz CT molecular complexity index is 1610. The second kappa shape index (κ2) is 16.5. The molecule has 2 aromatic carbocycles. The highest BCUT2D eigenvalue weighted by molar-refractivity contribution is 5.97. The molecule has 1 atom stereocenters. The number of pyridine rings is 1. The van der Waals surface area contributed by atoms with E-state index in [0.717, 1.165) is 72.7 Å². The van der Waals surface area contributed by atoms with Crippen molar-refractivity contribution < 1.29 is 14.3 Å². The number of hydrogen-bond donors (Lipinski definition) is 1. The molecule has 48 heavy (non-hydrogen) atoms. The highest BCUT2D eigenvalue weighted by Crippen LogP contribution is 2.24. The Kier molecular flexibility index (Phi) is 11.9. The second-order valence-corrected chi connectivity index (χ2v) is 13.7. The second-order valence-electron chi connectivity index (χ2n) is 13.7. The molecule has 1 saturated heterocycles. The van der Waals surface area contributed by atoms with Gasteiger partial charge < -0.3 is 15.0 Å². The van der Waals surface area contributed by atoms with Crippen molar-refractivity contribution in [1.29, 1.82) is 0 Å². The zero-order valence-electron chi connectivity index (χ0n) is 28.9. The number of benzene rings is 2. The molecule has 2 aromatic heterocycles. The highest BCUT2D eigenvalue weighted by Gasteiger charge is 2.28. The predicted molar refractivity (Wildman–Crippen MR) is 191 cm³/mol. The molecule has 5 rings (SSSR count). The number of ether oxygens (including phenoxy) is 1. The van der Waals surface area contributed by atoms with E-state index >= 15 is 0 Å². The number of likely N-dealkylation sites (tertiary alicyclic amines) is 1. The molecule has 0 saturated carbocycles. The van der Waals surface area contributed by atoms with E-state index in [2.05, 4.69) is 48.0 Å². The summed E-state index contributed by atoms with van der Waals surface area (Å²) in [6.07, 6.45) is 13.7. The summed E-state index contributed by atoms with van der Waals surface area (Å²) in [5.41, 5.74) is 5.02. The predicted octanol–water partition coefficient (Wildman–Crippen LogP) is 7.82. The van der Waals surface area contributed by atoms with Crippen molar-refractivity contribution in [3.05, 3.63) is 96.1 Å². The smallest absolute Gasteiger partial charge is 0.253 e. The zero-order valence-corrected chi connectivity index (χ0v) is 28.9. The summed E-state index contributed by atoms with van der Waals surface area (Å²) < 4.78 is 5.90. The number of hydrogen-bond acceptors (Lipinski definition) is 6. The SMILES string of the molecule is CCCCCCCOc1ccc(-c2cnc(-c3ccc(CC(NC(=O)c4ccc(C(C)(C)C)nc4)C(=O)N4CCCC4)cc3)nc2)cc1. The zero-order chi connectivity index (χ0) is 33.9. The fraction of sp³-hybridized carbons (Fsp3) is 0.425. The first-order chi connectivity index (χ1) is 23.2. The summed E-state index contributed by atoms with van der Waals surface area (Å²) in [5.74, 6) is 1.15. The average Bonchev–Trinajstić information content (AvgIpc) is 3.65. The van der Waals surface area contributed by atoms with Gasteiger partial charge in [0.2, 0.25) is 5.91 Å². The van der Waals surface area contributed by atoms with E-state index in [9.17, 15) is 9.59 Å². The lowest BCUT2D eigenvalue weighted by molar-refractivity contribution is -0.132. The van der Waals surface area contributed by atoms with Crippen molar-refractivity contribution in [1.82, 2.24) is 25.2 Å². The molecule has 1 aliphatic rings. The third kappa shape index (κ3) is 9.49. The van der Waals surface area contributed by atoms with Gasteiger partial charge in [-0.15, -0.1) is 0 Å². The summed E-state index contributed by atoms with van der Waals surface area (Å²) in [6.45, 7) is 10.7. The quantitative estimate of drug-likeness (QED) is 0.140. The third-order valence-corrected chi connectivity index (χ3v) is 8.82. The van der Waals surface area contributed by atoms with E-state index in [1.165, 1.54) is 25.7 Å². The van der Waals surface area contributed by atoms with Gasteiger partial charge in [-0.1, -0.05) is 89.8 Å². The Labute approximate surface area is 285 Å². The van der Waals surface area contributed by atoms with Crippen LogP contribution >= 0.6 is 0 Å². The lowest BCUT2D eigenvalue weighted by atomic mass is 9.91. The van der Waals surface area contributed by atoms with E-state index in [1.807, 2.05) is 71.9 Å². The fourth-order valence-electron chi connectivity index (χ4n) is 5.86. The largest absolute Gasteiger partial charge is 0.494 e. The number of rotatable bonds is 14. The van der Waals surface area contributed by atoms with Gasteiger partial charge >= 0.3 is 0 Å². The number of nitrogens with one attached hydrogen (secondary N) is 1. The number of carbonyl (C=O) groups is 2. The molecule has 4 aromatic rings. The molecule has 0 aliphatic carbocycles. The summed E-state index contributed by atoms with van der Waals surface area (Å²) in [5, 5.41) is 3.00. The summed E-state index contributed by atoms with van der Waals surface area (Å²) in [4.78, 5) is 42.4. The van der Waals surface area contributed by atoms with Gasteiger partial charge in [-0.3, -0.25) is 14.6 Å². The highest BCUT2D eigenvalue weighted by atomic mass is 16.5. The molecule has 1 fully saturated rings. The molecule has 8 heteroatoms. The molecule has 1 unspecified atom stereocenters. The van der Waals surface area contributed by atoms with Gasteiger partial charge in [0, 0.05) is 60.3 Å². The first-order valence-electron chi connectivity index (χ1n) is 17.4. The number of carbonyl (C=O) groups excluding carboxylic acids is 2. The van der Waals surface area contributed by atoms with Crippen LogP contribution in [0.25, 0.3) is 22.5 Å². The van der Waals surface area contributed by atoms with Gasteiger partial charge in [0.05, 0.1) is 12.2 Å². The molecule has 1 N–H and O–H groups in total. The van der Waals surface area contributed by atoms with Crippen LogP contribution in [-0.4, -0.2) is 57.4 Å². The van der Waals surface area contributed by atoms with E-state index in [0.29, 0.717) is 17.8 Å². The minimum absolute atomic E-state index is 0.0508. The first-order valence-corrected chi connectivity index (χ1v) is 17.4. The monoisotopic (exact) mass is 647 g/mol. The number of nitrogens with zero attached hydrogens (tertiary/aromatic N) is 4. The number of amides is 2. The van der Waals surface area contributed by atoms with Crippen molar-refractivity contribution >= 4 is 11.8 Å². The Morgan fingerprint density at radius 2 is 1.46 bits per heavy atom. The van der Waals surface area contributed by atoms with E-state index in [-0.39, 0.29) is 17.2 Å².